The summed E-state index contributed by atoms with van der Waals surface area (Å²) in [6.07, 6.45) is 2.44. The highest BCUT2D eigenvalue weighted by Crippen LogP contribution is 2.48. The van der Waals surface area contributed by atoms with E-state index >= 15 is 0 Å². The van der Waals surface area contributed by atoms with Crippen LogP contribution in [0.1, 0.15) is 33.6 Å². The van der Waals surface area contributed by atoms with Crippen LogP contribution in [0, 0.1) is 0 Å². The Hall–Kier alpha value is -0.0900. The number of hydrogen-bond donors (Lipinski definition) is 0. The van der Waals surface area contributed by atoms with Crippen LogP contribution in [0.4, 0.5) is 0 Å². The molecule has 0 spiro atoms. The quantitative estimate of drug-likeness (QED) is 0.222. The smallest absolute Gasteiger partial charge is 0.379 e. The first-order valence-electron chi connectivity index (χ1n) is 10.7. The summed E-state index contributed by atoms with van der Waals surface area (Å²) in [7, 11) is -3.45. The van der Waals surface area contributed by atoms with Gasteiger partial charge in [-0.3, -0.25) is 18.5 Å². The second-order valence-electron chi connectivity index (χ2n) is 6.47. The standard InChI is InChI=1S/C19H40NO8P/c1-4-22-12-13-24-14-16-25-19-8-7-9-20(18-19)10-11-23-15-17-28-29(21,26-5-2)27-6-3/h19H,4-18H2,1-3H3. The fourth-order valence-electron chi connectivity index (χ4n) is 2.92. The van der Waals surface area contributed by atoms with Crippen molar-refractivity contribution in [3.63, 3.8) is 0 Å². The molecule has 0 aromatic heterocycles. The van der Waals surface area contributed by atoms with Gasteiger partial charge in [0.25, 0.3) is 0 Å². The highest BCUT2D eigenvalue weighted by molar-refractivity contribution is 7.48. The van der Waals surface area contributed by atoms with Crippen LogP contribution in [0.3, 0.4) is 0 Å². The first-order chi connectivity index (χ1) is 14.1. The van der Waals surface area contributed by atoms with Crippen LogP contribution in [-0.4, -0.2) is 96.7 Å². The second-order valence-corrected chi connectivity index (χ2v) is 8.14. The topological polar surface area (TPSA) is 84.9 Å². The van der Waals surface area contributed by atoms with Crippen LogP contribution in [0.25, 0.3) is 0 Å². The molecule has 0 N–H and O–H groups in total. The predicted molar refractivity (Wildman–Crippen MR) is 110 cm³/mol. The molecule has 1 atom stereocenters. The lowest BCUT2D eigenvalue weighted by Gasteiger charge is -2.32. The Labute approximate surface area is 175 Å². The first-order valence-corrected chi connectivity index (χ1v) is 12.2. The van der Waals surface area contributed by atoms with Crippen LogP contribution in [-0.2, 0) is 37.1 Å². The largest absolute Gasteiger partial charge is 0.474 e. The van der Waals surface area contributed by atoms with Gasteiger partial charge in [0.1, 0.15) is 0 Å². The van der Waals surface area contributed by atoms with Gasteiger partial charge in [-0.1, -0.05) is 0 Å². The van der Waals surface area contributed by atoms with Crippen LogP contribution >= 0.6 is 7.82 Å². The average Bonchev–Trinajstić information content (AvgIpc) is 2.70. The van der Waals surface area contributed by atoms with Crippen molar-refractivity contribution in [3.05, 3.63) is 0 Å². The van der Waals surface area contributed by atoms with Crippen molar-refractivity contribution >= 4 is 7.82 Å². The molecule has 0 bridgehead atoms. The number of nitrogens with zero attached hydrogens (tertiary/aromatic N) is 1. The maximum Gasteiger partial charge on any atom is 0.474 e. The number of likely N-dealkylation sites (tertiary alicyclic amines) is 1. The van der Waals surface area contributed by atoms with Crippen LogP contribution in [0.2, 0.25) is 0 Å². The van der Waals surface area contributed by atoms with Gasteiger partial charge in [-0.05, 0) is 40.2 Å². The van der Waals surface area contributed by atoms with Crippen LogP contribution in [0.5, 0.6) is 0 Å². The first kappa shape index (κ1) is 26.9. The zero-order chi connectivity index (χ0) is 21.2. The summed E-state index contributed by atoms with van der Waals surface area (Å²) in [5, 5.41) is 0. The van der Waals surface area contributed by atoms with Crippen LogP contribution < -0.4 is 0 Å². The van der Waals surface area contributed by atoms with Crippen molar-refractivity contribution in [2.24, 2.45) is 0 Å². The highest BCUT2D eigenvalue weighted by Gasteiger charge is 2.25. The monoisotopic (exact) mass is 441 g/mol. The molecule has 1 rings (SSSR count). The summed E-state index contributed by atoms with van der Waals surface area (Å²) < 4.78 is 49.7. The second kappa shape index (κ2) is 17.6. The Balaban J connectivity index is 2.05. The van der Waals surface area contributed by atoms with Gasteiger partial charge in [0.2, 0.25) is 0 Å². The molecule has 0 amide bonds. The molecule has 174 valence electrons. The van der Waals surface area contributed by atoms with E-state index in [1.54, 1.807) is 13.8 Å². The zero-order valence-electron chi connectivity index (χ0n) is 18.3. The Morgan fingerprint density at radius 1 is 0.793 bits per heavy atom. The molecule has 10 heteroatoms. The van der Waals surface area contributed by atoms with E-state index in [-0.39, 0.29) is 25.9 Å². The van der Waals surface area contributed by atoms with Crippen molar-refractivity contribution in [2.75, 3.05) is 85.7 Å². The number of rotatable bonds is 19. The molecule has 1 aliphatic rings. The normalized spacial score (nSPS) is 18.4. The third-order valence-corrected chi connectivity index (χ3v) is 5.87. The molecule has 0 radical (unpaired) electrons. The van der Waals surface area contributed by atoms with Gasteiger partial charge in [0.15, 0.2) is 0 Å². The van der Waals surface area contributed by atoms with E-state index in [1.807, 2.05) is 6.92 Å². The van der Waals surface area contributed by atoms with Gasteiger partial charge in [0.05, 0.1) is 65.6 Å². The number of piperidine rings is 1. The zero-order valence-corrected chi connectivity index (χ0v) is 19.2. The third kappa shape index (κ3) is 13.8. The molecule has 9 nitrogen and oxygen atoms in total. The summed E-state index contributed by atoms with van der Waals surface area (Å²) in [4.78, 5) is 2.34. The number of phosphoric acid groups is 1. The molecule has 1 heterocycles. The van der Waals surface area contributed by atoms with E-state index in [0.29, 0.717) is 39.6 Å². The molecule has 1 fully saturated rings. The Morgan fingerprint density at radius 2 is 1.45 bits per heavy atom. The fourth-order valence-corrected chi connectivity index (χ4v) is 4.08. The minimum atomic E-state index is -3.45. The summed E-state index contributed by atoms with van der Waals surface area (Å²) in [6, 6.07) is 0. The Morgan fingerprint density at radius 3 is 2.17 bits per heavy atom. The summed E-state index contributed by atoms with van der Waals surface area (Å²) in [5.74, 6) is 0. The molecule has 1 unspecified atom stereocenters. The lowest BCUT2D eigenvalue weighted by molar-refractivity contribution is -0.0388. The number of hydrogen-bond acceptors (Lipinski definition) is 9. The molecular formula is C19H40NO8P. The maximum absolute atomic E-state index is 12.1. The summed E-state index contributed by atoms with van der Waals surface area (Å²) >= 11 is 0. The van der Waals surface area contributed by atoms with E-state index in [2.05, 4.69) is 4.90 Å². The van der Waals surface area contributed by atoms with Crippen molar-refractivity contribution < 1.29 is 37.1 Å². The Bertz CT molecular complexity index is 419. The molecule has 0 aliphatic carbocycles. The van der Waals surface area contributed by atoms with Gasteiger partial charge in [-0.15, -0.1) is 0 Å². The molecular weight excluding hydrogens is 401 g/mol. The average molecular weight is 442 g/mol. The minimum Gasteiger partial charge on any atom is -0.379 e. The van der Waals surface area contributed by atoms with Crippen molar-refractivity contribution in [3.8, 4) is 0 Å². The molecule has 29 heavy (non-hydrogen) atoms. The van der Waals surface area contributed by atoms with E-state index in [1.165, 1.54) is 0 Å². The van der Waals surface area contributed by atoms with Gasteiger partial charge >= 0.3 is 7.82 Å². The molecule has 0 saturated carbocycles. The van der Waals surface area contributed by atoms with Gasteiger partial charge in [-0.2, -0.15) is 0 Å². The van der Waals surface area contributed by atoms with Gasteiger partial charge < -0.3 is 18.9 Å². The van der Waals surface area contributed by atoms with E-state index in [0.717, 1.165) is 39.1 Å². The summed E-state index contributed by atoms with van der Waals surface area (Å²) in [6.45, 7) is 13.1. The van der Waals surface area contributed by atoms with Crippen molar-refractivity contribution in [1.82, 2.24) is 4.90 Å². The Kier molecular flexibility index (Phi) is 16.3. The minimum absolute atomic E-state index is 0.173. The molecule has 0 aromatic rings. The van der Waals surface area contributed by atoms with Gasteiger partial charge in [0, 0.05) is 19.7 Å². The maximum atomic E-state index is 12.1. The number of ether oxygens (including phenoxy) is 4. The van der Waals surface area contributed by atoms with Crippen LogP contribution in [0.15, 0.2) is 0 Å². The predicted octanol–water partition coefficient (Wildman–Crippen LogP) is 2.73. The van der Waals surface area contributed by atoms with E-state index < -0.39 is 7.82 Å². The van der Waals surface area contributed by atoms with E-state index in [9.17, 15) is 4.57 Å². The fraction of sp³-hybridized carbons (Fsp3) is 1.00. The van der Waals surface area contributed by atoms with Crippen molar-refractivity contribution in [2.45, 2.75) is 39.7 Å². The third-order valence-electron chi connectivity index (χ3n) is 4.22. The molecule has 1 aliphatic heterocycles. The lowest BCUT2D eigenvalue weighted by atomic mass is 10.1. The van der Waals surface area contributed by atoms with Crippen molar-refractivity contribution in [1.29, 1.82) is 0 Å². The highest BCUT2D eigenvalue weighted by atomic mass is 31.2. The number of phosphoric ester groups is 1. The van der Waals surface area contributed by atoms with E-state index in [4.69, 9.17) is 32.5 Å². The van der Waals surface area contributed by atoms with Gasteiger partial charge in [-0.25, -0.2) is 4.57 Å². The molecule has 1 saturated heterocycles. The lowest BCUT2D eigenvalue weighted by Crippen LogP contribution is -2.41. The SMILES string of the molecule is CCOCCOCCOC1CCCN(CCOCCOP(=O)(OCC)OCC)C1. The molecule has 0 aromatic carbocycles. The summed E-state index contributed by atoms with van der Waals surface area (Å²) in [5.41, 5.74) is 0.